The lowest BCUT2D eigenvalue weighted by Gasteiger charge is -2.09. The van der Waals surface area contributed by atoms with Crippen LogP contribution in [0.1, 0.15) is 0 Å². The number of halogens is 1. The minimum atomic E-state index is -0.134. The lowest BCUT2D eigenvalue weighted by Crippen LogP contribution is -2.27. The number of carbonyl (C=O) groups excluding carboxylic acids is 1. The number of amides is 1. The van der Waals surface area contributed by atoms with Crippen molar-refractivity contribution in [3.8, 4) is 0 Å². The van der Waals surface area contributed by atoms with Gasteiger partial charge in [0.1, 0.15) is 17.3 Å². The van der Waals surface area contributed by atoms with Gasteiger partial charge in [0, 0.05) is 6.07 Å². The highest BCUT2D eigenvalue weighted by molar-refractivity contribution is 6.29. The maximum atomic E-state index is 11.3. The molecular formula is C8H11ClN4O. The molecule has 1 aromatic heterocycles. The Hall–Kier alpha value is -1.20. The Kier molecular flexibility index (Phi) is 3.79. The van der Waals surface area contributed by atoms with Gasteiger partial charge in [0.2, 0.25) is 5.91 Å². The summed E-state index contributed by atoms with van der Waals surface area (Å²) in [7, 11) is 3.62. The topological polar surface area (TPSA) is 58.1 Å². The Bertz CT molecular complexity index is 329. The molecule has 1 amide bonds. The zero-order valence-electron chi connectivity index (χ0n) is 7.99. The van der Waals surface area contributed by atoms with Gasteiger partial charge in [-0.05, 0) is 14.1 Å². The van der Waals surface area contributed by atoms with Crippen LogP contribution in [0, 0.1) is 0 Å². The van der Waals surface area contributed by atoms with E-state index in [0.717, 1.165) is 0 Å². The monoisotopic (exact) mass is 214 g/mol. The molecule has 0 aliphatic heterocycles. The normalized spacial score (nSPS) is 10.3. The van der Waals surface area contributed by atoms with Gasteiger partial charge in [-0.25, -0.2) is 9.97 Å². The Balaban J connectivity index is 2.56. The zero-order chi connectivity index (χ0) is 10.6. The molecule has 76 valence electrons. The summed E-state index contributed by atoms with van der Waals surface area (Å²) in [5, 5.41) is 2.90. The highest BCUT2D eigenvalue weighted by atomic mass is 35.5. The van der Waals surface area contributed by atoms with E-state index in [1.807, 2.05) is 14.1 Å². The van der Waals surface area contributed by atoms with E-state index in [4.69, 9.17) is 11.6 Å². The van der Waals surface area contributed by atoms with Crippen molar-refractivity contribution >= 4 is 23.3 Å². The van der Waals surface area contributed by atoms with Crippen molar-refractivity contribution in [2.45, 2.75) is 0 Å². The smallest absolute Gasteiger partial charge is 0.239 e. The first-order valence-corrected chi connectivity index (χ1v) is 4.38. The first kappa shape index (κ1) is 10.9. The molecule has 0 fully saturated rings. The summed E-state index contributed by atoms with van der Waals surface area (Å²) < 4.78 is 0. The molecule has 0 aliphatic rings. The van der Waals surface area contributed by atoms with Crippen LogP contribution in [0.15, 0.2) is 12.4 Å². The molecule has 0 bridgehead atoms. The lowest BCUT2D eigenvalue weighted by molar-refractivity contribution is -0.116. The van der Waals surface area contributed by atoms with Crippen LogP contribution in [0.2, 0.25) is 5.15 Å². The van der Waals surface area contributed by atoms with Gasteiger partial charge in [0.05, 0.1) is 6.54 Å². The number of likely N-dealkylation sites (N-methyl/N-ethyl adjacent to an activating group) is 1. The number of hydrogen-bond donors (Lipinski definition) is 1. The van der Waals surface area contributed by atoms with Crippen LogP contribution in [0.5, 0.6) is 0 Å². The molecule has 0 radical (unpaired) electrons. The van der Waals surface area contributed by atoms with Crippen LogP contribution >= 0.6 is 11.6 Å². The van der Waals surface area contributed by atoms with Crippen LogP contribution in [-0.2, 0) is 4.79 Å². The second-order valence-electron chi connectivity index (χ2n) is 3.01. The molecule has 0 atom stereocenters. The lowest BCUT2D eigenvalue weighted by atomic mass is 10.5. The maximum Gasteiger partial charge on any atom is 0.239 e. The minimum absolute atomic E-state index is 0.134. The van der Waals surface area contributed by atoms with Crippen molar-refractivity contribution in [2.75, 3.05) is 26.0 Å². The summed E-state index contributed by atoms with van der Waals surface area (Å²) in [6.45, 7) is 0.307. The second-order valence-corrected chi connectivity index (χ2v) is 3.40. The molecule has 0 spiro atoms. The van der Waals surface area contributed by atoms with Gasteiger partial charge in [0.25, 0.3) is 0 Å². The molecule has 0 unspecified atom stereocenters. The first-order valence-electron chi connectivity index (χ1n) is 4.00. The molecule has 1 heterocycles. The molecule has 1 N–H and O–H groups in total. The summed E-state index contributed by atoms with van der Waals surface area (Å²) in [5.74, 6) is 0.279. The predicted octanol–water partition coefficient (Wildman–Crippen LogP) is 0.630. The molecule has 1 aromatic rings. The Labute approximate surface area is 87.1 Å². The van der Waals surface area contributed by atoms with Crippen LogP contribution in [0.3, 0.4) is 0 Å². The number of aromatic nitrogens is 2. The predicted molar refractivity (Wildman–Crippen MR) is 54.2 cm³/mol. The van der Waals surface area contributed by atoms with Crippen molar-refractivity contribution in [1.82, 2.24) is 14.9 Å². The standard InChI is InChI=1S/C8H11ClN4O/c1-13(2)4-8(14)12-7-3-6(9)10-5-11-7/h3,5H,4H2,1-2H3,(H,10,11,12,14). The molecule has 14 heavy (non-hydrogen) atoms. The van der Waals surface area contributed by atoms with Crippen molar-refractivity contribution < 1.29 is 4.79 Å². The molecule has 1 rings (SSSR count). The number of anilines is 1. The van der Waals surface area contributed by atoms with Crippen molar-refractivity contribution in [3.05, 3.63) is 17.5 Å². The van der Waals surface area contributed by atoms with E-state index >= 15 is 0 Å². The summed E-state index contributed by atoms with van der Waals surface area (Å²) in [6.07, 6.45) is 1.30. The van der Waals surface area contributed by atoms with Crippen LogP contribution < -0.4 is 5.32 Å². The average molecular weight is 215 g/mol. The number of nitrogens with one attached hydrogen (secondary N) is 1. The molecule has 5 nitrogen and oxygen atoms in total. The summed E-state index contributed by atoms with van der Waals surface area (Å²) in [6, 6.07) is 1.50. The van der Waals surface area contributed by atoms with Gasteiger partial charge < -0.3 is 10.2 Å². The summed E-state index contributed by atoms with van der Waals surface area (Å²) in [5.41, 5.74) is 0. The highest BCUT2D eigenvalue weighted by Crippen LogP contribution is 2.07. The molecule has 0 aliphatic carbocycles. The van der Waals surface area contributed by atoms with Gasteiger partial charge >= 0.3 is 0 Å². The van der Waals surface area contributed by atoms with Gasteiger partial charge in [-0.1, -0.05) is 11.6 Å². The maximum absolute atomic E-state index is 11.3. The number of nitrogens with zero attached hydrogens (tertiary/aromatic N) is 3. The first-order chi connectivity index (χ1) is 6.58. The van der Waals surface area contributed by atoms with Crippen molar-refractivity contribution in [1.29, 1.82) is 0 Å². The quantitative estimate of drug-likeness (QED) is 0.750. The third-order valence-electron chi connectivity index (χ3n) is 1.36. The fourth-order valence-corrected chi connectivity index (χ4v) is 1.02. The van der Waals surface area contributed by atoms with E-state index < -0.39 is 0 Å². The summed E-state index contributed by atoms with van der Waals surface area (Å²) >= 11 is 5.62. The molecular weight excluding hydrogens is 204 g/mol. The SMILES string of the molecule is CN(C)CC(=O)Nc1cc(Cl)ncn1. The summed E-state index contributed by atoms with van der Waals surface area (Å²) in [4.78, 5) is 20.6. The number of hydrogen-bond acceptors (Lipinski definition) is 4. The highest BCUT2D eigenvalue weighted by Gasteiger charge is 2.04. The van der Waals surface area contributed by atoms with Crippen LogP contribution in [-0.4, -0.2) is 41.4 Å². The van der Waals surface area contributed by atoms with Crippen molar-refractivity contribution in [3.63, 3.8) is 0 Å². The van der Waals surface area contributed by atoms with Gasteiger partial charge in [-0.3, -0.25) is 4.79 Å². The Morgan fingerprint density at radius 1 is 1.57 bits per heavy atom. The largest absolute Gasteiger partial charge is 0.309 e. The number of rotatable bonds is 3. The molecule has 0 saturated carbocycles. The fourth-order valence-electron chi connectivity index (χ4n) is 0.872. The van der Waals surface area contributed by atoms with E-state index in [1.165, 1.54) is 12.4 Å². The van der Waals surface area contributed by atoms with Crippen LogP contribution in [0.25, 0.3) is 0 Å². The zero-order valence-corrected chi connectivity index (χ0v) is 8.75. The van der Waals surface area contributed by atoms with E-state index in [9.17, 15) is 4.79 Å². The van der Waals surface area contributed by atoms with E-state index in [0.29, 0.717) is 17.5 Å². The molecule has 0 aromatic carbocycles. The third-order valence-corrected chi connectivity index (χ3v) is 1.57. The van der Waals surface area contributed by atoms with E-state index in [2.05, 4.69) is 15.3 Å². The second kappa shape index (κ2) is 4.88. The molecule has 0 saturated heterocycles. The van der Waals surface area contributed by atoms with E-state index in [1.54, 1.807) is 4.90 Å². The number of carbonyl (C=O) groups is 1. The minimum Gasteiger partial charge on any atom is -0.309 e. The third kappa shape index (κ3) is 3.68. The van der Waals surface area contributed by atoms with Gasteiger partial charge in [0.15, 0.2) is 0 Å². The molecule has 6 heteroatoms. The Morgan fingerprint density at radius 2 is 2.29 bits per heavy atom. The van der Waals surface area contributed by atoms with E-state index in [-0.39, 0.29) is 5.91 Å². The Morgan fingerprint density at radius 3 is 2.86 bits per heavy atom. The van der Waals surface area contributed by atoms with Crippen LogP contribution in [0.4, 0.5) is 5.82 Å². The van der Waals surface area contributed by atoms with Crippen molar-refractivity contribution in [2.24, 2.45) is 0 Å². The fraction of sp³-hybridized carbons (Fsp3) is 0.375. The average Bonchev–Trinajstić information content (AvgIpc) is 2.01. The van der Waals surface area contributed by atoms with Gasteiger partial charge in [-0.2, -0.15) is 0 Å². The van der Waals surface area contributed by atoms with Gasteiger partial charge in [-0.15, -0.1) is 0 Å².